The molecular formula is C13H7Br2NO5. The Kier molecular flexibility index (Phi) is 4.59. The lowest BCUT2D eigenvalue weighted by molar-refractivity contribution is -0.385. The first-order chi connectivity index (χ1) is 9.90. The maximum Gasteiger partial charge on any atom is 0.339 e. The van der Waals surface area contributed by atoms with Crippen LogP contribution in [0.4, 0.5) is 5.69 Å². The van der Waals surface area contributed by atoms with E-state index in [9.17, 15) is 14.9 Å². The summed E-state index contributed by atoms with van der Waals surface area (Å²) in [5.74, 6) is -0.909. The third kappa shape index (κ3) is 3.40. The van der Waals surface area contributed by atoms with Crippen LogP contribution >= 0.6 is 31.9 Å². The Morgan fingerprint density at radius 3 is 2.52 bits per heavy atom. The fourth-order valence-corrected chi connectivity index (χ4v) is 2.45. The van der Waals surface area contributed by atoms with Crippen molar-refractivity contribution in [3.8, 4) is 11.5 Å². The van der Waals surface area contributed by atoms with E-state index in [1.807, 2.05) is 0 Å². The minimum absolute atomic E-state index is 0.0530. The molecule has 2 aromatic rings. The number of nitrogens with zero attached hydrogens (tertiary/aromatic N) is 1. The molecule has 2 rings (SSSR count). The maximum absolute atomic E-state index is 11.2. The second-order valence-corrected chi connectivity index (χ2v) is 5.60. The molecule has 0 radical (unpaired) electrons. The predicted octanol–water partition coefficient (Wildman–Crippen LogP) is 4.61. The smallest absolute Gasteiger partial charge is 0.339 e. The number of carbonyl (C=O) groups is 1. The van der Waals surface area contributed by atoms with Gasteiger partial charge in [0.25, 0.3) is 5.69 Å². The van der Waals surface area contributed by atoms with E-state index in [-0.39, 0.29) is 27.2 Å². The van der Waals surface area contributed by atoms with Gasteiger partial charge in [0.15, 0.2) is 0 Å². The van der Waals surface area contributed by atoms with Crippen LogP contribution in [0.2, 0.25) is 0 Å². The maximum atomic E-state index is 11.2. The highest BCUT2D eigenvalue weighted by Crippen LogP contribution is 2.37. The van der Waals surface area contributed by atoms with Crippen LogP contribution in [0.1, 0.15) is 10.4 Å². The van der Waals surface area contributed by atoms with E-state index in [1.165, 1.54) is 30.3 Å². The molecule has 0 unspecified atom stereocenters. The van der Waals surface area contributed by atoms with Crippen LogP contribution in [0.15, 0.2) is 45.3 Å². The van der Waals surface area contributed by atoms with E-state index in [0.717, 1.165) is 0 Å². The van der Waals surface area contributed by atoms with Gasteiger partial charge in [0.05, 0.1) is 4.92 Å². The zero-order valence-electron chi connectivity index (χ0n) is 10.2. The summed E-state index contributed by atoms with van der Waals surface area (Å²) in [6, 6.07) is 8.76. The lowest BCUT2D eigenvalue weighted by atomic mass is 10.2. The van der Waals surface area contributed by atoms with Gasteiger partial charge in [-0.25, -0.2) is 4.79 Å². The van der Waals surface area contributed by atoms with Gasteiger partial charge in [-0.15, -0.1) is 0 Å². The molecular weight excluding hydrogens is 410 g/mol. The van der Waals surface area contributed by atoms with E-state index in [4.69, 9.17) is 9.84 Å². The number of carboxylic acid groups (broad SMARTS) is 1. The third-order valence-electron chi connectivity index (χ3n) is 2.53. The second-order valence-electron chi connectivity index (χ2n) is 3.89. The number of halogens is 2. The molecule has 8 heteroatoms. The summed E-state index contributed by atoms with van der Waals surface area (Å²) >= 11 is 6.27. The number of rotatable bonds is 4. The summed E-state index contributed by atoms with van der Waals surface area (Å²) in [5.41, 5.74) is -0.218. The second kappa shape index (κ2) is 6.23. The molecule has 0 atom stereocenters. The molecule has 21 heavy (non-hydrogen) atoms. The molecule has 6 nitrogen and oxygen atoms in total. The van der Waals surface area contributed by atoms with Crippen molar-refractivity contribution in [2.75, 3.05) is 0 Å². The van der Waals surface area contributed by atoms with Crippen molar-refractivity contribution in [1.82, 2.24) is 0 Å². The number of ether oxygens (including phenoxy) is 1. The molecule has 0 aromatic heterocycles. The van der Waals surface area contributed by atoms with Crippen molar-refractivity contribution in [1.29, 1.82) is 0 Å². The summed E-state index contributed by atoms with van der Waals surface area (Å²) < 4.78 is 6.23. The Hall–Kier alpha value is -1.93. The summed E-state index contributed by atoms with van der Waals surface area (Å²) in [5, 5.41) is 20.0. The largest absolute Gasteiger partial charge is 0.478 e. The molecule has 0 aliphatic carbocycles. The minimum Gasteiger partial charge on any atom is -0.478 e. The molecule has 0 fully saturated rings. The van der Waals surface area contributed by atoms with Gasteiger partial charge in [-0.1, -0.05) is 22.0 Å². The van der Waals surface area contributed by atoms with Crippen LogP contribution < -0.4 is 4.74 Å². The highest BCUT2D eigenvalue weighted by Gasteiger charge is 2.19. The van der Waals surface area contributed by atoms with Crippen LogP contribution in [-0.4, -0.2) is 16.0 Å². The first-order valence-corrected chi connectivity index (χ1v) is 7.12. The minimum atomic E-state index is -1.16. The summed E-state index contributed by atoms with van der Waals surface area (Å²) in [4.78, 5) is 21.5. The Morgan fingerprint density at radius 1 is 1.19 bits per heavy atom. The molecule has 0 aliphatic heterocycles. The molecule has 0 spiro atoms. The molecule has 0 amide bonds. The average Bonchev–Trinajstić information content (AvgIpc) is 2.42. The van der Waals surface area contributed by atoms with Gasteiger partial charge < -0.3 is 9.84 Å². The molecule has 0 saturated carbocycles. The number of hydrogen-bond acceptors (Lipinski definition) is 4. The monoisotopic (exact) mass is 415 g/mol. The van der Waals surface area contributed by atoms with Gasteiger partial charge in [-0.3, -0.25) is 10.1 Å². The van der Waals surface area contributed by atoms with Gasteiger partial charge in [-0.05, 0) is 40.2 Å². The number of aromatic carboxylic acids is 1. The first-order valence-electron chi connectivity index (χ1n) is 5.53. The molecule has 0 aliphatic rings. The average molecular weight is 417 g/mol. The summed E-state index contributed by atoms with van der Waals surface area (Å²) in [6.45, 7) is 0. The van der Waals surface area contributed by atoms with Gasteiger partial charge >= 0.3 is 5.97 Å². The van der Waals surface area contributed by atoms with Crippen molar-refractivity contribution < 1.29 is 19.6 Å². The van der Waals surface area contributed by atoms with Gasteiger partial charge in [-0.2, -0.15) is 0 Å². The van der Waals surface area contributed by atoms with Gasteiger partial charge in [0.2, 0.25) is 0 Å². The lowest BCUT2D eigenvalue weighted by Gasteiger charge is -2.10. The van der Waals surface area contributed by atoms with Crippen molar-refractivity contribution >= 4 is 43.5 Å². The Balaban J connectivity index is 2.46. The van der Waals surface area contributed by atoms with Crippen LogP contribution in [0, 0.1) is 10.1 Å². The Labute approximate surface area is 135 Å². The first kappa shape index (κ1) is 15.5. The number of nitro benzene ring substituents is 1. The van der Waals surface area contributed by atoms with Gasteiger partial charge in [0.1, 0.15) is 21.5 Å². The predicted molar refractivity (Wildman–Crippen MR) is 82.0 cm³/mol. The Bertz CT molecular complexity index is 732. The zero-order valence-corrected chi connectivity index (χ0v) is 13.4. The number of benzene rings is 2. The highest BCUT2D eigenvalue weighted by atomic mass is 79.9. The number of carboxylic acids is 1. The van der Waals surface area contributed by atoms with Crippen LogP contribution in [-0.2, 0) is 0 Å². The Morgan fingerprint density at radius 2 is 1.90 bits per heavy atom. The van der Waals surface area contributed by atoms with E-state index >= 15 is 0 Å². The highest BCUT2D eigenvalue weighted by molar-refractivity contribution is 9.11. The van der Waals surface area contributed by atoms with E-state index in [1.54, 1.807) is 6.07 Å². The quantitative estimate of drug-likeness (QED) is 0.580. The normalized spacial score (nSPS) is 10.2. The molecule has 1 N–H and O–H groups in total. The topological polar surface area (TPSA) is 89.7 Å². The van der Waals surface area contributed by atoms with Gasteiger partial charge in [0, 0.05) is 10.5 Å². The number of hydrogen-bond donors (Lipinski definition) is 1. The van der Waals surface area contributed by atoms with Crippen LogP contribution in [0.25, 0.3) is 0 Å². The van der Waals surface area contributed by atoms with E-state index in [2.05, 4.69) is 31.9 Å². The van der Waals surface area contributed by atoms with E-state index in [0.29, 0.717) is 4.47 Å². The standard InChI is InChI=1S/C13H7Br2NO5/c14-7-4-5-10(8(6-7)13(17)18)21-11-3-1-2-9(12(11)15)16(19)20/h1-6H,(H,17,18). The molecule has 0 heterocycles. The fourth-order valence-electron chi connectivity index (χ4n) is 1.60. The summed E-state index contributed by atoms with van der Waals surface area (Å²) in [6.07, 6.45) is 0. The van der Waals surface area contributed by atoms with E-state index < -0.39 is 10.9 Å². The third-order valence-corrected chi connectivity index (χ3v) is 3.82. The van der Waals surface area contributed by atoms with Crippen molar-refractivity contribution in [2.45, 2.75) is 0 Å². The fraction of sp³-hybridized carbons (Fsp3) is 0. The van der Waals surface area contributed by atoms with Crippen molar-refractivity contribution in [2.24, 2.45) is 0 Å². The zero-order chi connectivity index (χ0) is 15.6. The lowest BCUT2D eigenvalue weighted by Crippen LogP contribution is -2.00. The molecule has 108 valence electrons. The van der Waals surface area contributed by atoms with Crippen LogP contribution in [0.5, 0.6) is 11.5 Å². The molecule has 0 saturated heterocycles. The SMILES string of the molecule is O=C(O)c1cc(Br)ccc1Oc1cccc([N+](=O)[O-])c1Br. The van der Waals surface area contributed by atoms with Crippen molar-refractivity contribution in [3.05, 3.63) is 61.0 Å². The van der Waals surface area contributed by atoms with Crippen LogP contribution in [0.3, 0.4) is 0 Å². The molecule has 0 bridgehead atoms. The summed E-state index contributed by atoms with van der Waals surface area (Å²) in [7, 11) is 0. The number of nitro groups is 1. The van der Waals surface area contributed by atoms with Crippen molar-refractivity contribution in [3.63, 3.8) is 0 Å². The molecule has 2 aromatic carbocycles.